The van der Waals surface area contributed by atoms with E-state index >= 15 is 0 Å². The minimum Gasteiger partial charge on any atom is -0.317 e. The van der Waals surface area contributed by atoms with Gasteiger partial charge < -0.3 is 5.32 Å². The van der Waals surface area contributed by atoms with E-state index in [0.29, 0.717) is 17.9 Å². The molecule has 4 amide bonds. The Morgan fingerprint density at radius 2 is 1.64 bits per heavy atom. The average molecular weight is 507 g/mol. The van der Waals surface area contributed by atoms with Gasteiger partial charge in [-0.25, -0.2) is 0 Å². The molecule has 1 aromatic rings. The predicted molar refractivity (Wildman–Crippen MR) is 122 cm³/mol. The first-order valence-corrected chi connectivity index (χ1v) is 12.5. The van der Waals surface area contributed by atoms with Crippen molar-refractivity contribution in [3.8, 4) is 0 Å². The second kappa shape index (κ2) is 9.59. The van der Waals surface area contributed by atoms with E-state index in [1.54, 1.807) is 12.1 Å². The fraction of sp³-hybridized carbons (Fsp3) is 0.600. The van der Waals surface area contributed by atoms with E-state index < -0.39 is 41.8 Å². The van der Waals surface area contributed by atoms with Gasteiger partial charge >= 0.3 is 6.18 Å². The van der Waals surface area contributed by atoms with Crippen molar-refractivity contribution >= 4 is 23.6 Å². The van der Waals surface area contributed by atoms with E-state index in [0.717, 1.165) is 30.8 Å². The minimum atomic E-state index is -4.26. The standard InChI is InChI=1S/C25H29F3N4O4/c26-25(27,28)16-2-4-19(15-7-9-29-10-8-15)31(13-16)12-14-1-3-17-18(11-14)24(36)32(23(17)35)20-5-6-21(33)30-22(20)34/h1,3,11,15-16,19-20,29H,2,4-10,12-13H2,(H,30,33,34). The summed E-state index contributed by atoms with van der Waals surface area (Å²) >= 11 is 0. The smallest absolute Gasteiger partial charge is 0.317 e. The van der Waals surface area contributed by atoms with Crippen molar-refractivity contribution < 1.29 is 32.3 Å². The molecule has 0 aromatic heterocycles. The van der Waals surface area contributed by atoms with Gasteiger partial charge in [-0.2, -0.15) is 13.2 Å². The average Bonchev–Trinajstić information content (AvgIpc) is 3.08. The van der Waals surface area contributed by atoms with Crippen LogP contribution in [0.3, 0.4) is 0 Å². The van der Waals surface area contributed by atoms with E-state index in [1.807, 2.05) is 4.90 Å². The molecule has 11 heteroatoms. The number of amides is 4. The summed E-state index contributed by atoms with van der Waals surface area (Å²) in [6, 6.07) is 3.72. The Bertz CT molecular complexity index is 1090. The number of hydrogen-bond donors (Lipinski definition) is 2. The van der Waals surface area contributed by atoms with E-state index in [1.165, 1.54) is 6.07 Å². The van der Waals surface area contributed by atoms with Gasteiger partial charge in [-0.15, -0.1) is 0 Å². The summed E-state index contributed by atoms with van der Waals surface area (Å²) in [5.41, 5.74) is 0.960. The summed E-state index contributed by atoms with van der Waals surface area (Å²) in [5, 5.41) is 5.47. The zero-order valence-electron chi connectivity index (χ0n) is 19.8. The second-order valence-electron chi connectivity index (χ2n) is 10.2. The minimum absolute atomic E-state index is 0.0243. The molecule has 3 saturated heterocycles. The van der Waals surface area contributed by atoms with E-state index in [9.17, 15) is 32.3 Å². The molecule has 5 rings (SSSR count). The second-order valence-corrected chi connectivity index (χ2v) is 10.2. The lowest BCUT2D eigenvalue weighted by molar-refractivity contribution is -0.193. The Balaban J connectivity index is 1.37. The van der Waals surface area contributed by atoms with Gasteiger partial charge in [0.2, 0.25) is 11.8 Å². The Morgan fingerprint density at radius 1 is 0.917 bits per heavy atom. The quantitative estimate of drug-likeness (QED) is 0.608. The maximum Gasteiger partial charge on any atom is 0.393 e. The van der Waals surface area contributed by atoms with Gasteiger partial charge in [0.15, 0.2) is 0 Å². The molecule has 8 nitrogen and oxygen atoms in total. The van der Waals surface area contributed by atoms with Gasteiger partial charge in [-0.05, 0) is 68.8 Å². The van der Waals surface area contributed by atoms with Crippen molar-refractivity contribution in [2.45, 2.75) is 63.3 Å². The summed E-state index contributed by atoms with van der Waals surface area (Å²) < 4.78 is 40.8. The molecule has 194 valence electrons. The largest absolute Gasteiger partial charge is 0.393 e. The van der Waals surface area contributed by atoms with Crippen LogP contribution in [0.1, 0.15) is 64.8 Å². The van der Waals surface area contributed by atoms with Crippen molar-refractivity contribution in [2.75, 3.05) is 19.6 Å². The number of piperidine rings is 3. The molecule has 0 radical (unpaired) electrons. The number of carbonyl (C=O) groups is 4. The van der Waals surface area contributed by atoms with Gasteiger partial charge in [0.25, 0.3) is 11.8 Å². The molecule has 4 aliphatic rings. The molecule has 3 atom stereocenters. The van der Waals surface area contributed by atoms with Gasteiger partial charge in [0.1, 0.15) is 6.04 Å². The fourth-order valence-corrected chi connectivity index (χ4v) is 6.13. The molecule has 4 heterocycles. The highest BCUT2D eigenvalue weighted by molar-refractivity contribution is 6.23. The van der Waals surface area contributed by atoms with Gasteiger partial charge in [-0.3, -0.25) is 34.3 Å². The first-order valence-electron chi connectivity index (χ1n) is 12.5. The number of benzene rings is 1. The molecule has 0 aliphatic carbocycles. The van der Waals surface area contributed by atoms with Crippen LogP contribution in [0.25, 0.3) is 0 Å². The van der Waals surface area contributed by atoms with Crippen LogP contribution in [-0.2, 0) is 16.1 Å². The van der Waals surface area contributed by atoms with Crippen LogP contribution in [0.5, 0.6) is 0 Å². The number of rotatable bonds is 4. The Hall–Kier alpha value is -2.79. The third kappa shape index (κ3) is 4.66. The van der Waals surface area contributed by atoms with E-state index in [-0.39, 0.29) is 49.5 Å². The van der Waals surface area contributed by atoms with Crippen LogP contribution in [0.15, 0.2) is 18.2 Å². The van der Waals surface area contributed by atoms with Crippen LogP contribution < -0.4 is 10.6 Å². The van der Waals surface area contributed by atoms with Crippen molar-refractivity contribution in [3.63, 3.8) is 0 Å². The molecule has 3 fully saturated rings. The fourth-order valence-electron chi connectivity index (χ4n) is 6.13. The summed E-state index contributed by atoms with van der Waals surface area (Å²) in [7, 11) is 0. The summed E-state index contributed by atoms with van der Waals surface area (Å²) in [5.74, 6) is -3.43. The third-order valence-corrected chi connectivity index (χ3v) is 8.02. The summed E-state index contributed by atoms with van der Waals surface area (Å²) in [6.07, 6.45) is -1.75. The highest BCUT2D eigenvalue weighted by Gasteiger charge is 2.47. The molecular weight excluding hydrogens is 477 g/mol. The number of imide groups is 2. The van der Waals surface area contributed by atoms with Crippen LogP contribution in [-0.4, -0.2) is 71.3 Å². The van der Waals surface area contributed by atoms with E-state index in [2.05, 4.69) is 10.6 Å². The highest BCUT2D eigenvalue weighted by atomic mass is 19.4. The normalized spacial score (nSPS) is 28.4. The number of nitrogens with zero attached hydrogens (tertiary/aromatic N) is 2. The molecule has 0 saturated carbocycles. The number of likely N-dealkylation sites (tertiary alicyclic amines) is 1. The van der Waals surface area contributed by atoms with E-state index in [4.69, 9.17) is 0 Å². The molecular formula is C25H29F3N4O4. The van der Waals surface area contributed by atoms with Crippen LogP contribution in [0.4, 0.5) is 13.2 Å². The molecule has 1 aromatic carbocycles. The number of hydrogen-bond acceptors (Lipinski definition) is 6. The molecule has 0 bridgehead atoms. The molecule has 0 spiro atoms. The number of nitrogens with one attached hydrogen (secondary N) is 2. The summed E-state index contributed by atoms with van der Waals surface area (Å²) in [4.78, 5) is 52.6. The molecule has 2 N–H and O–H groups in total. The number of carbonyl (C=O) groups excluding carboxylic acids is 4. The first-order chi connectivity index (χ1) is 17.1. The van der Waals surface area contributed by atoms with Crippen LogP contribution in [0, 0.1) is 11.8 Å². The van der Waals surface area contributed by atoms with Gasteiger partial charge in [0, 0.05) is 25.6 Å². The molecule has 3 unspecified atom stereocenters. The maximum atomic E-state index is 13.6. The lowest BCUT2D eigenvalue weighted by atomic mass is 9.81. The van der Waals surface area contributed by atoms with Gasteiger partial charge in [0.05, 0.1) is 17.0 Å². The maximum absolute atomic E-state index is 13.6. The first kappa shape index (κ1) is 24.9. The molecule has 36 heavy (non-hydrogen) atoms. The Kier molecular flexibility index (Phi) is 6.63. The Morgan fingerprint density at radius 3 is 2.33 bits per heavy atom. The van der Waals surface area contributed by atoms with Crippen molar-refractivity contribution in [1.29, 1.82) is 0 Å². The lowest BCUT2D eigenvalue weighted by Crippen LogP contribution is -2.54. The third-order valence-electron chi connectivity index (χ3n) is 8.02. The number of alkyl halides is 3. The zero-order chi connectivity index (χ0) is 25.6. The number of halogens is 3. The van der Waals surface area contributed by atoms with Crippen molar-refractivity contribution in [2.24, 2.45) is 11.8 Å². The lowest BCUT2D eigenvalue weighted by Gasteiger charge is -2.45. The highest BCUT2D eigenvalue weighted by Crippen LogP contribution is 2.39. The number of fused-ring (bicyclic) bond motifs is 1. The monoisotopic (exact) mass is 506 g/mol. The topological polar surface area (TPSA) is 98.8 Å². The Labute approximate surface area is 206 Å². The van der Waals surface area contributed by atoms with Crippen molar-refractivity contribution in [3.05, 3.63) is 34.9 Å². The van der Waals surface area contributed by atoms with Crippen LogP contribution >= 0.6 is 0 Å². The van der Waals surface area contributed by atoms with Crippen LogP contribution in [0.2, 0.25) is 0 Å². The SMILES string of the molecule is O=C1CCC(N2C(=O)c3ccc(CN4CC(C(F)(F)F)CCC4C4CCNCC4)cc3C2=O)C(=O)N1. The van der Waals surface area contributed by atoms with Gasteiger partial charge in [-0.1, -0.05) is 6.07 Å². The zero-order valence-corrected chi connectivity index (χ0v) is 19.8. The van der Waals surface area contributed by atoms with Crippen molar-refractivity contribution in [1.82, 2.24) is 20.4 Å². The summed E-state index contributed by atoms with van der Waals surface area (Å²) in [6.45, 7) is 1.85. The predicted octanol–water partition coefficient (Wildman–Crippen LogP) is 2.23. The molecule has 4 aliphatic heterocycles.